The highest BCUT2D eigenvalue weighted by molar-refractivity contribution is 5.80. The predicted octanol–water partition coefficient (Wildman–Crippen LogP) is 3.04. The maximum atomic E-state index is 13.0. The van der Waals surface area contributed by atoms with Gasteiger partial charge < -0.3 is 14.2 Å². The van der Waals surface area contributed by atoms with Crippen LogP contribution in [0.1, 0.15) is 38.5 Å². The number of benzene rings is 1. The third kappa shape index (κ3) is 2.78. The Morgan fingerprint density at radius 1 is 1.30 bits per heavy atom. The molecule has 1 saturated carbocycles. The highest BCUT2D eigenvalue weighted by Gasteiger charge is 2.55. The molecule has 2 saturated heterocycles. The molecule has 27 heavy (non-hydrogen) atoms. The maximum absolute atomic E-state index is 13.0. The number of carbonyl (C=O) groups is 1. The predicted molar refractivity (Wildman–Crippen MR) is 98.9 cm³/mol. The summed E-state index contributed by atoms with van der Waals surface area (Å²) in [5.74, 6) is 1.98. The minimum Gasteiger partial charge on any atom is -0.378 e. The van der Waals surface area contributed by atoms with E-state index < -0.39 is 0 Å². The van der Waals surface area contributed by atoms with Crippen molar-refractivity contribution in [1.82, 2.24) is 15.0 Å². The molecular weight excluding hydrogens is 342 g/mol. The molecule has 0 spiro atoms. The van der Waals surface area contributed by atoms with Crippen LogP contribution in [-0.2, 0) is 14.9 Å². The lowest BCUT2D eigenvalue weighted by Gasteiger charge is -2.25. The van der Waals surface area contributed by atoms with Gasteiger partial charge in [-0.2, -0.15) is 4.98 Å². The van der Waals surface area contributed by atoms with Crippen LogP contribution in [0.2, 0.25) is 0 Å². The smallest absolute Gasteiger partial charge is 0.235 e. The van der Waals surface area contributed by atoms with E-state index in [4.69, 9.17) is 14.2 Å². The quantitative estimate of drug-likeness (QED) is 0.834. The normalized spacial score (nSPS) is 32.8. The molecule has 1 aliphatic carbocycles. The second-order valence-corrected chi connectivity index (χ2v) is 8.33. The summed E-state index contributed by atoms with van der Waals surface area (Å²) in [6.45, 7) is 4.08. The van der Waals surface area contributed by atoms with Gasteiger partial charge in [0, 0.05) is 18.7 Å². The summed E-state index contributed by atoms with van der Waals surface area (Å²) in [6.07, 6.45) is 4.28. The molecule has 2 aliphatic heterocycles. The highest BCUT2D eigenvalue weighted by atomic mass is 16.5. The molecule has 3 heterocycles. The largest absolute Gasteiger partial charge is 0.378 e. The molecule has 6 nitrogen and oxygen atoms in total. The van der Waals surface area contributed by atoms with E-state index in [1.54, 1.807) is 0 Å². The molecule has 1 amide bonds. The molecule has 0 radical (unpaired) electrons. The Morgan fingerprint density at radius 2 is 2.15 bits per heavy atom. The average molecular weight is 367 g/mol. The first-order valence-electron chi connectivity index (χ1n) is 9.96. The number of likely N-dealkylation sites (tertiary alicyclic amines) is 1. The topological polar surface area (TPSA) is 68.5 Å². The van der Waals surface area contributed by atoms with Crippen molar-refractivity contribution >= 4 is 5.91 Å². The molecule has 3 fully saturated rings. The Balaban J connectivity index is 1.40. The van der Waals surface area contributed by atoms with Crippen molar-refractivity contribution in [2.24, 2.45) is 11.8 Å². The van der Waals surface area contributed by atoms with Crippen LogP contribution < -0.4 is 0 Å². The summed E-state index contributed by atoms with van der Waals surface area (Å²) in [5.41, 5.74) is 0.780. The summed E-state index contributed by atoms with van der Waals surface area (Å²) in [7, 11) is 0. The monoisotopic (exact) mass is 367 g/mol. The molecule has 5 rings (SSSR count). The molecule has 2 aromatic rings. The lowest BCUT2D eigenvalue weighted by molar-refractivity contribution is -0.134. The fraction of sp³-hybridized carbons (Fsp3) is 0.571. The van der Waals surface area contributed by atoms with E-state index in [1.165, 1.54) is 0 Å². The molecule has 3 aliphatic rings. The number of rotatable bonds is 3. The van der Waals surface area contributed by atoms with Crippen molar-refractivity contribution in [2.75, 3.05) is 19.7 Å². The Kier molecular flexibility index (Phi) is 4.04. The lowest BCUT2D eigenvalue weighted by Crippen LogP contribution is -2.38. The summed E-state index contributed by atoms with van der Waals surface area (Å²) < 4.78 is 11.4. The molecule has 142 valence electrons. The van der Waals surface area contributed by atoms with Crippen LogP contribution in [0.15, 0.2) is 34.9 Å². The number of carbonyl (C=O) groups excluding carboxylic acids is 1. The fourth-order valence-electron chi connectivity index (χ4n) is 5.18. The van der Waals surface area contributed by atoms with E-state index in [1.807, 2.05) is 42.2 Å². The van der Waals surface area contributed by atoms with E-state index in [-0.39, 0.29) is 23.3 Å². The second kappa shape index (κ2) is 6.44. The van der Waals surface area contributed by atoms with Crippen molar-refractivity contribution in [3.63, 3.8) is 0 Å². The molecular formula is C21H25N3O3. The Bertz CT molecular complexity index is 836. The first-order valence-corrected chi connectivity index (χ1v) is 9.96. The molecule has 0 N–H and O–H groups in total. The highest BCUT2D eigenvalue weighted by Crippen LogP contribution is 2.50. The lowest BCUT2D eigenvalue weighted by atomic mass is 9.80. The fourth-order valence-corrected chi connectivity index (χ4v) is 5.18. The molecule has 2 unspecified atom stereocenters. The Labute approximate surface area is 158 Å². The van der Waals surface area contributed by atoms with E-state index >= 15 is 0 Å². The van der Waals surface area contributed by atoms with E-state index in [0.29, 0.717) is 30.8 Å². The van der Waals surface area contributed by atoms with Gasteiger partial charge in [-0.25, -0.2) is 0 Å². The van der Waals surface area contributed by atoms with Gasteiger partial charge in [0.25, 0.3) is 0 Å². The number of fused-ring (bicyclic) bond motifs is 1. The van der Waals surface area contributed by atoms with Gasteiger partial charge in [-0.15, -0.1) is 0 Å². The number of nitrogens with zero attached hydrogens (tertiary/aromatic N) is 3. The average Bonchev–Trinajstić information content (AvgIpc) is 3.44. The zero-order valence-corrected chi connectivity index (χ0v) is 15.6. The van der Waals surface area contributed by atoms with E-state index in [0.717, 1.165) is 37.8 Å². The van der Waals surface area contributed by atoms with Crippen LogP contribution in [-0.4, -0.2) is 46.7 Å². The summed E-state index contributed by atoms with van der Waals surface area (Å²) in [4.78, 5) is 19.8. The minimum absolute atomic E-state index is 0.00144. The third-order valence-electron chi connectivity index (χ3n) is 6.61. The summed E-state index contributed by atoms with van der Waals surface area (Å²) in [5, 5.41) is 4.23. The van der Waals surface area contributed by atoms with Crippen molar-refractivity contribution in [3.05, 3.63) is 36.2 Å². The van der Waals surface area contributed by atoms with E-state index in [2.05, 4.69) is 5.16 Å². The van der Waals surface area contributed by atoms with Crippen molar-refractivity contribution < 1.29 is 14.1 Å². The minimum atomic E-state index is -0.180. The first-order chi connectivity index (χ1) is 13.2. The van der Waals surface area contributed by atoms with Gasteiger partial charge in [-0.3, -0.25) is 4.79 Å². The Morgan fingerprint density at radius 3 is 2.93 bits per heavy atom. The second-order valence-electron chi connectivity index (χ2n) is 8.33. The maximum Gasteiger partial charge on any atom is 0.235 e. The molecule has 0 bridgehead atoms. The van der Waals surface area contributed by atoms with Crippen LogP contribution in [0.25, 0.3) is 11.4 Å². The zero-order valence-electron chi connectivity index (χ0n) is 15.6. The van der Waals surface area contributed by atoms with Gasteiger partial charge in [0.2, 0.25) is 17.6 Å². The van der Waals surface area contributed by atoms with Crippen molar-refractivity contribution in [1.29, 1.82) is 0 Å². The molecule has 4 atom stereocenters. The van der Waals surface area contributed by atoms with Crippen LogP contribution in [0.4, 0.5) is 0 Å². The molecule has 1 aromatic heterocycles. The van der Waals surface area contributed by atoms with Crippen LogP contribution in [0, 0.1) is 11.8 Å². The Hall–Kier alpha value is -2.21. The molecule has 6 heteroatoms. The van der Waals surface area contributed by atoms with Gasteiger partial charge in [-0.05, 0) is 32.1 Å². The van der Waals surface area contributed by atoms with Gasteiger partial charge >= 0.3 is 0 Å². The summed E-state index contributed by atoms with van der Waals surface area (Å²) in [6, 6.07) is 9.91. The third-order valence-corrected chi connectivity index (χ3v) is 6.61. The van der Waals surface area contributed by atoms with Gasteiger partial charge in [0.05, 0.1) is 24.0 Å². The number of hydrogen-bond donors (Lipinski definition) is 0. The van der Waals surface area contributed by atoms with Gasteiger partial charge in [0.15, 0.2) is 0 Å². The number of ether oxygens (including phenoxy) is 1. The number of amides is 1. The van der Waals surface area contributed by atoms with Crippen molar-refractivity contribution in [2.45, 2.75) is 44.1 Å². The number of aromatic nitrogens is 2. The molecule has 1 aromatic carbocycles. The van der Waals surface area contributed by atoms with Crippen LogP contribution >= 0.6 is 0 Å². The SMILES string of the molecule is CC1CC(C(=O)N2C[C@H]3CCC[C@@]3(c3nc(-c4ccccc4)no3)C2)CO1. The van der Waals surface area contributed by atoms with E-state index in [9.17, 15) is 4.79 Å². The standard InChI is InChI=1S/C21H25N3O3/c1-14-10-16(12-26-14)19(25)24-11-17-8-5-9-21(17,13-24)20-22-18(23-27-20)15-6-3-2-4-7-15/h2-4,6-7,14,16-17H,5,8-13H2,1H3/t14?,16?,17-,21-/m1/s1. The first kappa shape index (κ1) is 16.9. The number of hydrogen-bond acceptors (Lipinski definition) is 5. The van der Waals surface area contributed by atoms with Gasteiger partial charge in [-0.1, -0.05) is 41.9 Å². The summed E-state index contributed by atoms with van der Waals surface area (Å²) >= 11 is 0. The zero-order chi connectivity index (χ0) is 18.4. The van der Waals surface area contributed by atoms with Crippen molar-refractivity contribution in [3.8, 4) is 11.4 Å². The van der Waals surface area contributed by atoms with Crippen LogP contribution in [0.5, 0.6) is 0 Å². The van der Waals surface area contributed by atoms with Gasteiger partial charge in [0.1, 0.15) is 0 Å². The van der Waals surface area contributed by atoms with Crippen LogP contribution in [0.3, 0.4) is 0 Å².